The minimum atomic E-state index is -0.392. The van der Waals surface area contributed by atoms with E-state index in [1.165, 1.54) is 16.8 Å². The predicted octanol–water partition coefficient (Wildman–Crippen LogP) is 3.04. The van der Waals surface area contributed by atoms with Gasteiger partial charge in [-0.1, -0.05) is 25.1 Å². The zero-order chi connectivity index (χ0) is 25.8. The summed E-state index contributed by atoms with van der Waals surface area (Å²) in [5, 5.41) is 21.7. The van der Waals surface area contributed by atoms with Crippen molar-refractivity contribution in [2.75, 3.05) is 25.0 Å². The second-order valence-electron chi connectivity index (χ2n) is 9.14. The maximum Gasteiger partial charge on any atom is 0.162 e. The first-order chi connectivity index (χ1) is 18.1. The number of anilines is 1. The number of ether oxygens (including phenoxy) is 2. The average Bonchev–Trinajstić information content (AvgIpc) is 3.63. The quantitative estimate of drug-likeness (QED) is 0.241. The second kappa shape index (κ2) is 11.0. The number of hydrogen-bond donors (Lipinski definition) is 4. The molecule has 0 fully saturated rings. The van der Waals surface area contributed by atoms with Crippen LogP contribution in [0.3, 0.4) is 0 Å². The molecule has 0 radical (unpaired) electrons. The predicted molar refractivity (Wildman–Crippen MR) is 140 cm³/mol. The molecule has 0 saturated carbocycles. The maximum atomic E-state index is 6.58. The SMILES string of the molecule is CCc1cccc2c1N(C)Cc1cc(OC(CCN)c3cn[nH]n3)c(OC(CCN)c3cn[nH]n3)cc1-2. The largest absolute Gasteiger partial charge is 0.480 e. The van der Waals surface area contributed by atoms with Gasteiger partial charge in [-0.05, 0) is 48.3 Å². The number of nitrogens with two attached hydrogens (primary N) is 2. The van der Waals surface area contributed by atoms with Crippen LogP contribution < -0.4 is 25.8 Å². The fourth-order valence-corrected chi connectivity index (χ4v) is 4.92. The van der Waals surface area contributed by atoms with Crippen LogP contribution in [0.5, 0.6) is 11.5 Å². The van der Waals surface area contributed by atoms with E-state index in [1.807, 2.05) is 0 Å². The van der Waals surface area contributed by atoms with Crippen LogP contribution in [0.4, 0.5) is 5.69 Å². The van der Waals surface area contributed by atoms with E-state index in [-0.39, 0.29) is 6.10 Å². The summed E-state index contributed by atoms with van der Waals surface area (Å²) in [6.07, 6.45) is 4.63. The molecule has 4 aromatic rings. The Bertz CT molecular complexity index is 1310. The molecule has 5 rings (SSSR count). The van der Waals surface area contributed by atoms with Crippen LogP contribution in [0.25, 0.3) is 11.1 Å². The topological polar surface area (TPSA) is 157 Å². The van der Waals surface area contributed by atoms with E-state index in [9.17, 15) is 0 Å². The van der Waals surface area contributed by atoms with Crippen molar-refractivity contribution < 1.29 is 9.47 Å². The van der Waals surface area contributed by atoms with Crippen molar-refractivity contribution in [1.82, 2.24) is 30.8 Å². The summed E-state index contributed by atoms with van der Waals surface area (Å²) < 4.78 is 13.1. The lowest BCUT2D eigenvalue weighted by atomic mass is 9.90. The standard InChI is InChI=1S/C26H33N9O2/c1-3-16-5-4-6-18-19-12-25(37-23(8-10-28)21-14-30-34-32-21)24(11-17(19)15-35(2)26(16)18)36-22(7-9-27)20-13-29-33-31-20/h4-6,11-14,22-23H,3,7-10,15,27-28H2,1-2H3,(H,29,31,33)(H,30,32,34). The number of para-hydroxylation sites is 1. The molecule has 2 atom stereocenters. The number of hydrogen-bond acceptors (Lipinski definition) is 9. The van der Waals surface area contributed by atoms with Crippen LogP contribution >= 0.6 is 0 Å². The normalized spacial score (nSPS) is 14.1. The van der Waals surface area contributed by atoms with Crippen LogP contribution in [-0.2, 0) is 13.0 Å². The van der Waals surface area contributed by atoms with Gasteiger partial charge in [-0.2, -0.15) is 30.8 Å². The van der Waals surface area contributed by atoms with Gasteiger partial charge in [-0.15, -0.1) is 0 Å². The molecular weight excluding hydrogens is 470 g/mol. The lowest BCUT2D eigenvalue weighted by Crippen LogP contribution is -2.23. The average molecular weight is 504 g/mol. The highest BCUT2D eigenvalue weighted by atomic mass is 16.5. The molecule has 6 N–H and O–H groups in total. The van der Waals surface area contributed by atoms with Gasteiger partial charge in [-0.25, -0.2) is 0 Å². The minimum Gasteiger partial charge on any atom is -0.480 e. The minimum absolute atomic E-state index is 0.385. The number of nitrogens with one attached hydrogen (secondary N) is 2. The molecule has 0 amide bonds. The first-order valence-electron chi connectivity index (χ1n) is 12.6. The number of fused-ring (bicyclic) bond motifs is 3. The Morgan fingerprint density at radius 1 is 0.919 bits per heavy atom. The molecule has 0 saturated heterocycles. The van der Waals surface area contributed by atoms with Gasteiger partial charge >= 0.3 is 0 Å². The molecule has 2 aromatic carbocycles. The number of aryl methyl sites for hydroxylation is 1. The first kappa shape index (κ1) is 24.7. The van der Waals surface area contributed by atoms with Crippen LogP contribution in [0.1, 0.15) is 54.5 Å². The number of aromatic amines is 2. The number of H-pyrrole nitrogens is 2. The van der Waals surface area contributed by atoms with Gasteiger partial charge in [0.05, 0.1) is 12.4 Å². The van der Waals surface area contributed by atoms with Gasteiger partial charge in [0.1, 0.15) is 23.6 Å². The Morgan fingerprint density at radius 2 is 1.54 bits per heavy atom. The van der Waals surface area contributed by atoms with E-state index in [4.69, 9.17) is 20.9 Å². The Labute approximate surface area is 215 Å². The smallest absolute Gasteiger partial charge is 0.162 e. The van der Waals surface area contributed by atoms with E-state index < -0.39 is 6.10 Å². The summed E-state index contributed by atoms with van der Waals surface area (Å²) in [7, 11) is 2.13. The fraction of sp³-hybridized carbons (Fsp3) is 0.385. The van der Waals surface area contributed by atoms with Crippen molar-refractivity contribution >= 4 is 5.69 Å². The molecule has 2 aromatic heterocycles. The zero-order valence-corrected chi connectivity index (χ0v) is 21.1. The molecule has 0 bridgehead atoms. The van der Waals surface area contributed by atoms with Gasteiger partial charge in [0, 0.05) is 37.7 Å². The molecule has 1 aliphatic heterocycles. The van der Waals surface area contributed by atoms with Gasteiger partial charge in [-0.3, -0.25) is 0 Å². The van der Waals surface area contributed by atoms with Gasteiger partial charge in [0.25, 0.3) is 0 Å². The van der Waals surface area contributed by atoms with E-state index in [2.05, 4.69) is 80.0 Å². The van der Waals surface area contributed by atoms with Crippen molar-refractivity contribution in [2.24, 2.45) is 11.5 Å². The molecule has 0 aliphatic carbocycles. The molecule has 0 spiro atoms. The zero-order valence-electron chi connectivity index (χ0n) is 21.1. The second-order valence-corrected chi connectivity index (χ2v) is 9.14. The number of nitrogens with zero attached hydrogens (tertiary/aromatic N) is 5. The fourth-order valence-electron chi connectivity index (χ4n) is 4.92. The van der Waals surface area contributed by atoms with Crippen molar-refractivity contribution in [2.45, 2.75) is 44.9 Å². The van der Waals surface area contributed by atoms with Crippen molar-refractivity contribution in [3.63, 3.8) is 0 Å². The van der Waals surface area contributed by atoms with Gasteiger partial charge < -0.3 is 25.8 Å². The van der Waals surface area contributed by atoms with Crippen LogP contribution in [-0.4, -0.2) is 51.0 Å². The van der Waals surface area contributed by atoms with Gasteiger partial charge in [0.2, 0.25) is 0 Å². The Hall–Kier alpha value is -3.96. The lowest BCUT2D eigenvalue weighted by molar-refractivity contribution is 0.154. The molecule has 2 unspecified atom stereocenters. The Morgan fingerprint density at radius 3 is 2.08 bits per heavy atom. The third-order valence-electron chi connectivity index (χ3n) is 6.67. The molecule has 37 heavy (non-hydrogen) atoms. The summed E-state index contributed by atoms with van der Waals surface area (Å²) in [6.45, 7) is 3.79. The molecular formula is C26H33N9O2. The highest BCUT2D eigenvalue weighted by Gasteiger charge is 2.27. The van der Waals surface area contributed by atoms with Crippen molar-refractivity contribution in [1.29, 1.82) is 0 Å². The molecule has 3 heterocycles. The van der Waals surface area contributed by atoms with Gasteiger partial charge in [0.15, 0.2) is 11.5 Å². The summed E-state index contributed by atoms with van der Waals surface area (Å²) in [6, 6.07) is 10.6. The highest BCUT2D eigenvalue weighted by Crippen LogP contribution is 2.46. The van der Waals surface area contributed by atoms with E-state index in [0.717, 1.165) is 24.1 Å². The first-order valence-corrected chi connectivity index (χ1v) is 12.6. The van der Waals surface area contributed by atoms with Crippen LogP contribution in [0.2, 0.25) is 0 Å². The summed E-state index contributed by atoms with van der Waals surface area (Å²) in [4.78, 5) is 2.29. The molecule has 194 valence electrons. The molecule has 11 heteroatoms. The number of aromatic nitrogens is 6. The van der Waals surface area contributed by atoms with Crippen LogP contribution in [0.15, 0.2) is 42.7 Å². The third kappa shape index (κ3) is 5.00. The summed E-state index contributed by atoms with van der Waals surface area (Å²) in [5.74, 6) is 1.21. The monoisotopic (exact) mass is 503 g/mol. The third-order valence-corrected chi connectivity index (χ3v) is 6.67. The van der Waals surface area contributed by atoms with E-state index in [0.29, 0.717) is 48.8 Å². The van der Waals surface area contributed by atoms with Crippen molar-refractivity contribution in [3.8, 4) is 22.6 Å². The number of benzene rings is 2. The highest BCUT2D eigenvalue weighted by molar-refractivity contribution is 5.86. The maximum absolute atomic E-state index is 6.58. The van der Waals surface area contributed by atoms with E-state index >= 15 is 0 Å². The number of rotatable bonds is 11. The van der Waals surface area contributed by atoms with Crippen LogP contribution in [0, 0.1) is 0 Å². The van der Waals surface area contributed by atoms with E-state index in [1.54, 1.807) is 12.4 Å². The lowest BCUT2D eigenvalue weighted by Gasteiger charge is -2.33. The Kier molecular flexibility index (Phi) is 7.33. The van der Waals surface area contributed by atoms with Crippen molar-refractivity contribution in [3.05, 3.63) is 65.2 Å². The molecule has 11 nitrogen and oxygen atoms in total. The summed E-state index contributed by atoms with van der Waals surface area (Å²) in [5.41, 5.74) is 19.2. The summed E-state index contributed by atoms with van der Waals surface area (Å²) >= 11 is 0. The molecule has 1 aliphatic rings. The Balaban J connectivity index is 1.61.